The fourth-order valence-electron chi connectivity index (χ4n) is 1.23. The number of aromatic nitrogens is 3. The number of carbonyl (C=O) groups is 1. The topological polar surface area (TPSA) is 57.0 Å². The molecule has 2 heterocycles. The van der Waals surface area contributed by atoms with Gasteiger partial charge < -0.3 is 4.74 Å². The number of nitrogens with zero attached hydrogens (tertiary/aromatic N) is 3. The smallest absolute Gasteiger partial charge is 0.358 e. The Kier molecular flexibility index (Phi) is 3.36. The Balaban J connectivity index is 2.44. The van der Waals surface area contributed by atoms with Crippen molar-refractivity contribution in [2.75, 3.05) is 7.11 Å². The molecule has 0 fully saturated rings. The number of hydrogen-bond donors (Lipinski definition) is 0. The Labute approximate surface area is 110 Å². The van der Waals surface area contributed by atoms with E-state index in [1.807, 2.05) is 22.6 Å². The van der Waals surface area contributed by atoms with Gasteiger partial charge in [-0.05, 0) is 34.7 Å². The molecule has 17 heavy (non-hydrogen) atoms. The van der Waals surface area contributed by atoms with Gasteiger partial charge in [-0.2, -0.15) is 5.10 Å². The van der Waals surface area contributed by atoms with E-state index in [4.69, 9.17) is 0 Å². The molecule has 0 aliphatic carbocycles. The van der Waals surface area contributed by atoms with Crippen LogP contribution in [0, 0.1) is 9.39 Å². The molecule has 7 heteroatoms. The van der Waals surface area contributed by atoms with Crippen LogP contribution >= 0.6 is 22.6 Å². The number of esters is 1. The summed E-state index contributed by atoms with van der Waals surface area (Å²) in [5.74, 6) is -1.01. The fourth-order valence-corrected chi connectivity index (χ4v) is 1.63. The molecule has 88 valence electrons. The second-order valence-corrected chi connectivity index (χ2v) is 4.23. The van der Waals surface area contributed by atoms with Crippen LogP contribution in [0.15, 0.2) is 24.5 Å². The normalized spacial score (nSPS) is 10.3. The van der Waals surface area contributed by atoms with E-state index in [9.17, 15) is 9.18 Å². The Bertz CT molecular complexity index is 570. The first-order valence-corrected chi connectivity index (χ1v) is 5.65. The van der Waals surface area contributed by atoms with Crippen molar-refractivity contribution in [1.82, 2.24) is 14.8 Å². The predicted molar refractivity (Wildman–Crippen MR) is 65.4 cm³/mol. The highest BCUT2D eigenvalue weighted by atomic mass is 127. The molecule has 0 N–H and O–H groups in total. The van der Waals surface area contributed by atoms with Crippen LogP contribution < -0.4 is 0 Å². The second kappa shape index (κ2) is 4.78. The van der Waals surface area contributed by atoms with Gasteiger partial charge in [0.05, 0.1) is 10.7 Å². The van der Waals surface area contributed by atoms with Crippen LogP contribution in [-0.2, 0) is 4.74 Å². The maximum absolute atomic E-state index is 13.7. The van der Waals surface area contributed by atoms with E-state index >= 15 is 0 Å². The molecule has 0 saturated heterocycles. The van der Waals surface area contributed by atoms with Crippen molar-refractivity contribution in [3.05, 3.63) is 39.6 Å². The third-order valence-electron chi connectivity index (χ3n) is 2.02. The van der Waals surface area contributed by atoms with Gasteiger partial charge in [0.25, 0.3) is 0 Å². The molecule has 2 aromatic rings. The van der Waals surface area contributed by atoms with Gasteiger partial charge in [-0.25, -0.2) is 18.9 Å². The minimum Gasteiger partial charge on any atom is -0.464 e. The molecule has 5 nitrogen and oxygen atoms in total. The van der Waals surface area contributed by atoms with E-state index < -0.39 is 11.8 Å². The Hall–Kier alpha value is -1.51. The van der Waals surface area contributed by atoms with Crippen LogP contribution in [0.25, 0.3) is 5.82 Å². The average molecular weight is 347 g/mol. The molecule has 0 aliphatic heterocycles. The summed E-state index contributed by atoms with van der Waals surface area (Å²) in [6, 6.07) is 2.98. The minimum atomic E-state index is -0.574. The molecule has 2 aromatic heterocycles. The number of ether oxygens (including phenoxy) is 1. The largest absolute Gasteiger partial charge is 0.464 e. The van der Waals surface area contributed by atoms with Crippen molar-refractivity contribution < 1.29 is 13.9 Å². The summed E-state index contributed by atoms with van der Waals surface area (Å²) < 4.78 is 19.9. The lowest BCUT2D eigenvalue weighted by molar-refractivity contribution is 0.0593. The van der Waals surface area contributed by atoms with Crippen molar-refractivity contribution in [1.29, 1.82) is 0 Å². The van der Waals surface area contributed by atoms with Gasteiger partial charge in [0, 0.05) is 12.4 Å². The molecule has 0 aromatic carbocycles. The zero-order valence-electron chi connectivity index (χ0n) is 8.72. The Morgan fingerprint density at radius 2 is 2.29 bits per heavy atom. The summed E-state index contributed by atoms with van der Waals surface area (Å²) in [7, 11) is 1.26. The molecule has 0 amide bonds. The Morgan fingerprint density at radius 1 is 1.53 bits per heavy atom. The fraction of sp³-hybridized carbons (Fsp3) is 0.100. The molecule has 0 atom stereocenters. The van der Waals surface area contributed by atoms with Gasteiger partial charge in [0.1, 0.15) is 0 Å². The molecular formula is C10H7FIN3O2. The lowest BCUT2D eigenvalue weighted by Gasteiger charge is -2.02. The third-order valence-corrected chi connectivity index (χ3v) is 2.86. The van der Waals surface area contributed by atoms with Gasteiger partial charge in [0.15, 0.2) is 17.3 Å². The lowest BCUT2D eigenvalue weighted by Crippen LogP contribution is -2.07. The van der Waals surface area contributed by atoms with Gasteiger partial charge in [-0.1, -0.05) is 0 Å². The van der Waals surface area contributed by atoms with E-state index in [-0.39, 0.29) is 11.5 Å². The molecule has 0 radical (unpaired) electrons. The first-order valence-electron chi connectivity index (χ1n) is 4.58. The highest BCUT2D eigenvalue weighted by Crippen LogP contribution is 2.16. The number of halogens is 2. The first kappa shape index (κ1) is 12.0. The van der Waals surface area contributed by atoms with Gasteiger partial charge in [-0.3, -0.25) is 0 Å². The molecule has 0 bridgehead atoms. The summed E-state index contributed by atoms with van der Waals surface area (Å²) in [5.41, 5.74) is 0.104. The number of hydrogen-bond acceptors (Lipinski definition) is 4. The zero-order chi connectivity index (χ0) is 12.4. The average Bonchev–Trinajstić information content (AvgIpc) is 2.81. The minimum absolute atomic E-state index is 0.0482. The van der Waals surface area contributed by atoms with E-state index in [1.54, 1.807) is 6.07 Å². The molecule has 0 aliphatic rings. The molecule has 0 saturated carbocycles. The van der Waals surface area contributed by atoms with Crippen LogP contribution in [0.5, 0.6) is 0 Å². The molecular weight excluding hydrogens is 340 g/mol. The molecule has 0 unspecified atom stereocenters. The zero-order valence-corrected chi connectivity index (χ0v) is 10.9. The highest BCUT2D eigenvalue weighted by molar-refractivity contribution is 14.1. The number of carbonyl (C=O) groups excluding carboxylic acids is 1. The van der Waals surface area contributed by atoms with E-state index in [0.717, 1.165) is 0 Å². The lowest BCUT2D eigenvalue weighted by atomic mass is 10.4. The van der Waals surface area contributed by atoms with E-state index in [2.05, 4.69) is 14.8 Å². The van der Waals surface area contributed by atoms with E-state index in [0.29, 0.717) is 3.57 Å². The summed E-state index contributed by atoms with van der Waals surface area (Å²) in [4.78, 5) is 15.1. The van der Waals surface area contributed by atoms with Crippen molar-refractivity contribution in [2.45, 2.75) is 0 Å². The monoisotopic (exact) mass is 347 g/mol. The van der Waals surface area contributed by atoms with Crippen molar-refractivity contribution in [2.24, 2.45) is 0 Å². The maximum Gasteiger partial charge on any atom is 0.358 e. The highest BCUT2D eigenvalue weighted by Gasteiger charge is 2.14. The van der Waals surface area contributed by atoms with Crippen molar-refractivity contribution in [3.8, 4) is 5.82 Å². The maximum atomic E-state index is 13.7. The van der Waals surface area contributed by atoms with Crippen LogP contribution in [-0.4, -0.2) is 27.8 Å². The molecule has 0 spiro atoms. The summed E-state index contributed by atoms with van der Waals surface area (Å²) >= 11 is 1.86. The van der Waals surface area contributed by atoms with Crippen LogP contribution in [0.1, 0.15) is 10.5 Å². The number of methoxy groups -OCH3 is 1. The van der Waals surface area contributed by atoms with Crippen molar-refractivity contribution in [3.63, 3.8) is 0 Å². The van der Waals surface area contributed by atoms with Gasteiger partial charge in [0.2, 0.25) is 0 Å². The predicted octanol–water partition coefficient (Wildman–Crippen LogP) is 1.80. The first-order chi connectivity index (χ1) is 8.13. The Morgan fingerprint density at radius 3 is 3.00 bits per heavy atom. The SMILES string of the molecule is COC(=O)c1ccn(-c2nccc(I)c2F)n1. The van der Waals surface area contributed by atoms with Crippen LogP contribution in [0.2, 0.25) is 0 Å². The second-order valence-electron chi connectivity index (χ2n) is 3.07. The quantitative estimate of drug-likeness (QED) is 0.614. The van der Waals surface area contributed by atoms with Crippen molar-refractivity contribution >= 4 is 28.6 Å². The van der Waals surface area contributed by atoms with E-state index in [1.165, 1.54) is 30.3 Å². The van der Waals surface area contributed by atoms with Crippen LogP contribution in [0.3, 0.4) is 0 Å². The summed E-state index contributed by atoms with van der Waals surface area (Å²) in [6.45, 7) is 0. The van der Waals surface area contributed by atoms with Gasteiger partial charge in [-0.15, -0.1) is 0 Å². The summed E-state index contributed by atoms with van der Waals surface area (Å²) in [5, 5.41) is 3.89. The summed E-state index contributed by atoms with van der Waals surface area (Å²) in [6.07, 6.45) is 2.92. The standard InChI is InChI=1S/C10H7FIN3O2/c1-17-10(16)7-3-5-15(14-7)9-8(11)6(12)2-4-13-9/h2-5H,1H3. The third kappa shape index (κ3) is 2.28. The number of rotatable bonds is 2. The van der Waals surface area contributed by atoms with Gasteiger partial charge >= 0.3 is 5.97 Å². The van der Waals surface area contributed by atoms with Crippen LogP contribution in [0.4, 0.5) is 4.39 Å². The molecule has 2 rings (SSSR count). The number of pyridine rings is 1.